The van der Waals surface area contributed by atoms with Crippen LogP contribution in [0.25, 0.3) is 0 Å². The topological polar surface area (TPSA) is 18.5 Å². The molecule has 0 bridgehead atoms. The standard InChI is InChI=1S/C14H11BF5O2.K/c1-21-12-4-2-3-9(14(12)17)8-22-13-7-10(16)5-6-11(13)15(18,19)20;/h2-7H,8H2,1H3;/q-1;+1. The van der Waals surface area contributed by atoms with Gasteiger partial charge < -0.3 is 22.4 Å². The third kappa shape index (κ3) is 5.18. The third-order valence-corrected chi connectivity index (χ3v) is 2.97. The first-order valence-corrected chi connectivity index (χ1v) is 6.26. The molecule has 0 atom stereocenters. The molecule has 2 aromatic rings. The van der Waals surface area contributed by atoms with Gasteiger partial charge in [-0.2, -0.15) is 0 Å². The second kappa shape index (κ2) is 8.48. The first kappa shape index (κ1) is 20.4. The molecular formula is C14H11BF5KO2. The molecule has 0 N–H and O–H groups in total. The zero-order chi connectivity index (χ0) is 16.3. The van der Waals surface area contributed by atoms with Gasteiger partial charge in [0.2, 0.25) is 0 Å². The first-order chi connectivity index (χ1) is 10.3. The Morgan fingerprint density at radius 3 is 2.30 bits per heavy atom. The Hall–Kier alpha value is -0.609. The van der Waals surface area contributed by atoms with Crippen molar-refractivity contribution in [2.75, 3.05) is 7.11 Å². The van der Waals surface area contributed by atoms with Crippen LogP contribution in [0.5, 0.6) is 11.5 Å². The molecule has 0 aliphatic heterocycles. The van der Waals surface area contributed by atoms with Gasteiger partial charge in [-0.1, -0.05) is 23.7 Å². The van der Waals surface area contributed by atoms with Crippen LogP contribution in [0.4, 0.5) is 21.7 Å². The van der Waals surface area contributed by atoms with Crippen LogP contribution in [0.1, 0.15) is 5.56 Å². The maximum absolute atomic E-state index is 13.9. The van der Waals surface area contributed by atoms with Gasteiger partial charge >= 0.3 is 58.4 Å². The number of benzene rings is 2. The van der Waals surface area contributed by atoms with Gasteiger partial charge in [-0.05, 0) is 12.1 Å². The summed E-state index contributed by atoms with van der Waals surface area (Å²) in [7, 11) is 1.26. The fourth-order valence-electron chi connectivity index (χ4n) is 1.88. The van der Waals surface area contributed by atoms with Crippen molar-refractivity contribution < 1.29 is 82.6 Å². The molecule has 2 nitrogen and oxygen atoms in total. The van der Waals surface area contributed by atoms with Gasteiger partial charge in [0, 0.05) is 11.6 Å². The van der Waals surface area contributed by atoms with E-state index in [1.807, 2.05) is 0 Å². The molecule has 2 rings (SSSR count). The second-order valence-electron chi connectivity index (χ2n) is 4.48. The van der Waals surface area contributed by atoms with Gasteiger partial charge in [-0.25, -0.2) is 8.78 Å². The van der Waals surface area contributed by atoms with Crippen molar-refractivity contribution in [3.8, 4) is 11.5 Å². The van der Waals surface area contributed by atoms with E-state index in [-0.39, 0.29) is 62.7 Å². The SMILES string of the molecule is COc1cccc(COc2cc(F)ccc2[B-](F)(F)F)c1F.[K+]. The molecule has 0 saturated heterocycles. The maximum atomic E-state index is 13.9. The summed E-state index contributed by atoms with van der Waals surface area (Å²) < 4.78 is 75.4. The largest absolute Gasteiger partial charge is 1.00 e. The molecule has 118 valence electrons. The number of hydrogen-bond donors (Lipinski definition) is 0. The Balaban J connectivity index is 0.00000264. The molecule has 2 aromatic carbocycles. The van der Waals surface area contributed by atoms with Gasteiger partial charge in [0.15, 0.2) is 11.6 Å². The van der Waals surface area contributed by atoms with Gasteiger partial charge in [-0.3, -0.25) is 0 Å². The third-order valence-electron chi connectivity index (χ3n) is 2.97. The normalized spacial score (nSPS) is 10.9. The summed E-state index contributed by atoms with van der Waals surface area (Å²) in [5, 5.41) is 0. The number of halogens is 5. The summed E-state index contributed by atoms with van der Waals surface area (Å²) in [5.74, 6) is -2.33. The molecule has 23 heavy (non-hydrogen) atoms. The van der Waals surface area contributed by atoms with Crippen LogP contribution in [-0.2, 0) is 6.61 Å². The van der Waals surface area contributed by atoms with E-state index in [4.69, 9.17) is 9.47 Å². The average molecular weight is 356 g/mol. The van der Waals surface area contributed by atoms with Crippen LogP contribution >= 0.6 is 0 Å². The van der Waals surface area contributed by atoms with Crippen molar-refractivity contribution in [1.82, 2.24) is 0 Å². The molecule has 9 heteroatoms. The second-order valence-corrected chi connectivity index (χ2v) is 4.48. The molecule has 0 unspecified atom stereocenters. The van der Waals surface area contributed by atoms with Crippen molar-refractivity contribution in [3.63, 3.8) is 0 Å². The van der Waals surface area contributed by atoms with Crippen LogP contribution in [0, 0.1) is 11.6 Å². The van der Waals surface area contributed by atoms with Gasteiger partial charge in [-0.15, -0.1) is 0 Å². The van der Waals surface area contributed by atoms with Crippen molar-refractivity contribution in [2.24, 2.45) is 0 Å². The minimum Gasteiger partial charge on any atom is -0.494 e. The van der Waals surface area contributed by atoms with Crippen LogP contribution in [0.3, 0.4) is 0 Å². The monoisotopic (exact) mass is 356 g/mol. The van der Waals surface area contributed by atoms with Crippen molar-refractivity contribution in [3.05, 3.63) is 53.6 Å². The molecule has 0 fully saturated rings. The van der Waals surface area contributed by atoms with Crippen molar-refractivity contribution in [1.29, 1.82) is 0 Å². The number of rotatable bonds is 5. The van der Waals surface area contributed by atoms with Crippen molar-refractivity contribution >= 4 is 12.4 Å². The first-order valence-electron chi connectivity index (χ1n) is 6.26. The number of ether oxygens (including phenoxy) is 2. The Bertz CT molecular complexity index is 679. The molecule has 0 aliphatic carbocycles. The summed E-state index contributed by atoms with van der Waals surface area (Å²) in [6.45, 7) is -5.85. The van der Waals surface area contributed by atoms with Gasteiger partial charge in [0.1, 0.15) is 12.4 Å². The predicted molar refractivity (Wildman–Crippen MR) is 72.4 cm³/mol. The molecule has 0 amide bonds. The molecule has 0 spiro atoms. The van der Waals surface area contributed by atoms with E-state index in [0.29, 0.717) is 18.2 Å². The summed E-state index contributed by atoms with van der Waals surface area (Å²) in [5.41, 5.74) is -1.06. The number of methoxy groups -OCH3 is 1. The predicted octanol–water partition coefficient (Wildman–Crippen LogP) is 0.611. The molecule has 0 heterocycles. The van der Waals surface area contributed by atoms with Gasteiger partial charge in [0.25, 0.3) is 0 Å². The number of hydrogen-bond acceptors (Lipinski definition) is 2. The van der Waals surface area contributed by atoms with E-state index in [9.17, 15) is 21.7 Å². The van der Waals surface area contributed by atoms with E-state index < -0.39 is 36.4 Å². The van der Waals surface area contributed by atoms with Crippen molar-refractivity contribution in [2.45, 2.75) is 6.61 Å². The van der Waals surface area contributed by atoms with E-state index in [2.05, 4.69) is 0 Å². The van der Waals surface area contributed by atoms with E-state index >= 15 is 0 Å². The molecule has 0 aliphatic rings. The minimum absolute atomic E-state index is 0. The van der Waals surface area contributed by atoms with Crippen LogP contribution in [0.15, 0.2) is 36.4 Å². The molecule has 0 radical (unpaired) electrons. The average Bonchev–Trinajstić information content (AvgIpc) is 2.45. The van der Waals surface area contributed by atoms with Gasteiger partial charge in [0.05, 0.1) is 12.9 Å². The Morgan fingerprint density at radius 2 is 1.70 bits per heavy atom. The maximum Gasteiger partial charge on any atom is 1.00 e. The fraction of sp³-hybridized carbons (Fsp3) is 0.143. The molecular weight excluding hydrogens is 345 g/mol. The zero-order valence-corrected chi connectivity index (χ0v) is 15.6. The molecule has 0 saturated carbocycles. The van der Waals surface area contributed by atoms with E-state index in [1.165, 1.54) is 25.3 Å². The Morgan fingerprint density at radius 1 is 1.00 bits per heavy atom. The Labute approximate surface area is 172 Å². The van der Waals surface area contributed by atoms with Crippen LogP contribution in [0.2, 0.25) is 0 Å². The minimum atomic E-state index is -5.37. The summed E-state index contributed by atoms with van der Waals surface area (Å²) >= 11 is 0. The van der Waals surface area contributed by atoms with E-state index in [0.717, 1.165) is 0 Å². The Kier molecular flexibility index (Phi) is 7.53. The summed E-state index contributed by atoms with van der Waals surface area (Å²) in [6, 6.07) is 6.11. The smallest absolute Gasteiger partial charge is 0.494 e. The summed E-state index contributed by atoms with van der Waals surface area (Å²) in [6.07, 6.45) is 0. The van der Waals surface area contributed by atoms with Crippen LogP contribution in [-0.4, -0.2) is 14.1 Å². The fourth-order valence-corrected chi connectivity index (χ4v) is 1.88. The molecule has 0 aromatic heterocycles. The zero-order valence-electron chi connectivity index (χ0n) is 12.5. The van der Waals surface area contributed by atoms with Crippen LogP contribution < -0.4 is 66.3 Å². The van der Waals surface area contributed by atoms with E-state index in [1.54, 1.807) is 0 Å². The quantitative estimate of drug-likeness (QED) is 0.578. The summed E-state index contributed by atoms with van der Waals surface area (Å²) in [4.78, 5) is 0.